The summed E-state index contributed by atoms with van der Waals surface area (Å²) in [6.07, 6.45) is 6.08. The summed E-state index contributed by atoms with van der Waals surface area (Å²) >= 11 is 0. The molecule has 0 fully saturated rings. The molecule has 102 valence electrons. The van der Waals surface area contributed by atoms with Gasteiger partial charge in [-0.1, -0.05) is 18.1 Å². The molecule has 4 heteroatoms. The molecule has 0 atom stereocenters. The molecular weight excluding hydrogens is 238 g/mol. The van der Waals surface area contributed by atoms with Gasteiger partial charge in [-0.15, -0.1) is 6.42 Å². The molecule has 0 unspecified atom stereocenters. The van der Waals surface area contributed by atoms with Gasteiger partial charge in [-0.05, 0) is 31.0 Å². The average Bonchev–Trinajstić information content (AvgIpc) is 2.45. The zero-order chi connectivity index (χ0) is 13.9. The molecule has 0 radical (unpaired) electrons. The fourth-order valence-corrected chi connectivity index (χ4v) is 1.60. The Labute approximate surface area is 115 Å². The summed E-state index contributed by atoms with van der Waals surface area (Å²) in [7, 11) is 1.67. The van der Waals surface area contributed by atoms with Gasteiger partial charge in [0.05, 0.1) is 13.7 Å². The number of guanidine groups is 1. The lowest BCUT2D eigenvalue weighted by Crippen LogP contribution is -2.37. The Morgan fingerprint density at radius 2 is 2.26 bits per heavy atom. The van der Waals surface area contributed by atoms with Crippen LogP contribution >= 0.6 is 0 Å². The monoisotopic (exact) mass is 259 g/mol. The lowest BCUT2D eigenvalue weighted by Gasteiger charge is -2.09. The third-order valence-electron chi connectivity index (χ3n) is 2.51. The van der Waals surface area contributed by atoms with Crippen molar-refractivity contribution >= 4 is 5.96 Å². The molecule has 0 aliphatic carbocycles. The van der Waals surface area contributed by atoms with E-state index in [0.29, 0.717) is 13.1 Å². The minimum Gasteiger partial charge on any atom is -0.497 e. The van der Waals surface area contributed by atoms with Crippen LogP contribution in [0, 0.1) is 12.3 Å². The smallest absolute Gasteiger partial charge is 0.192 e. The van der Waals surface area contributed by atoms with Gasteiger partial charge in [-0.2, -0.15) is 0 Å². The van der Waals surface area contributed by atoms with Gasteiger partial charge in [0.15, 0.2) is 5.96 Å². The summed E-state index contributed by atoms with van der Waals surface area (Å²) in [5, 5.41) is 6.20. The molecule has 0 aromatic heterocycles. The first-order valence-electron chi connectivity index (χ1n) is 6.38. The topological polar surface area (TPSA) is 45.7 Å². The Balaban J connectivity index is 2.51. The Hall–Kier alpha value is -2.15. The van der Waals surface area contributed by atoms with E-state index in [1.807, 2.05) is 25.1 Å². The molecule has 19 heavy (non-hydrogen) atoms. The van der Waals surface area contributed by atoms with Crippen molar-refractivity contribution in [2.75, 3.05) is 26.7 Å². The molecule has 0 saturated heterocycles. The number of rotatable bonds is 6. The first-order valence-corrected chi connectivity index (χ1v) is 6.38. The fraction of sp³-hybridized carbons (Fsp3) is 0.400. The van der Waals surface area contributed by atoms with Gasteiger partial charge in [0, 0.05) is 13.1 Å². The van der Waals surface area contributed by atoms with E-state index >= 15 is 0 Å². The molecular formula is C15H21N3O. The van der Waals surface area contributed by atoms with E-state index in [9.17, 15) is 0 Å². The van der Waals surface area contributed by atoms with Gasteiger partial charge in [0.1, 0.15) is 5.75 Å². The second-order valence-electron chi connectivity index (χ2n) is 3.92. The normalized spacial score (nSPS) is 10.7. The molecule has 1 rings (SSSR count). The van der Waals surface area contributed by atoms with Crippen molar-refractivity contribution in [1.82, 2.24) is 10.6 Å². The van der Waals surface area contributed by atoms with Crippen LogP contribution in [0.4, 0.5) is 0 Å². The predicted molar refractivity (Wildman–Crippen MR) is 79.5 cm³/mol. The minimum absolute atomic E-state index is 0.477. The number of hydrogen-bond donors (Lipinski definition) is 2. The molecule has 0 bridgehead atoms. The number of hydrogen-bond acceptors (Lipinski definition) is 2. The predicted octanol–water partition coefficient (Wildman–Crippen LogP) is 1.43. The molecule has 1 aromatic rings. The second-order valence-corrected chi connectivity index (χ2v) is 3.92. The molecule has 2 N–H and O–H groups in total. The molecule has 0 aliphatic rings. The third kappa shape index (κ3) is 5.82. The van der Waals surface area contributed by atoms with E-state index < -0.39 is 0 Å². The van der Waals surface area contributed by atoms with Crippen molar-refractivity contribution in [1.29, 1.82) is 0 Å². The summed E-state index contributed by atoms with van der Waals surface area (Å²) in [6, 6.07) is 8.02. The van der Waals surface area contributed by atoms with E-state index in [-0.39, 0.29) is 0 Å². The van der Waals surface area contributed by atoms with Crippen molar-refractivity contribution < 1.29 is 4.74 Å². The van der Waals surface area contributed by atoms with Gasteiger partial charge in [0.25, 0.3) is 0 Å². The van der Waals surface area contributed by atoms with Gasteiger partial charge in [0.2, 0.25) is 0 Å². The van der Waals surface area contributed by atoms with Crippen LogP contribution in [-0.4, -0.2) is 32.7 Å². The molecule has 0 saturated carbocycles. The van der Waals surface area contributed by atoms with Crippen molar-refractivity contribution in [2.24, 2.45) is 4.99 Å². The highest BCUT2D eigenvalue weighted by molar-refractivity contribution is 5.79. The zero-order valence-corrected chi connectivity index (χ0v) is 11.6. The van der Waals surface area contributed by atoms with Gasteiger partial charge >= 0.3 is 0 Å². The van der Waals surface area contributed by atoms with Crippen molar-refractivity contribution in [3.63, 3.8) is 0 Å². The van der Waals surface area contributed by atoms with Crippen LogP contribution in [0.15, 0.2) is 29.3 Å². The van der Waals surface area contributed by atoms with Gasteiger partial charge in [-0.3, -0.25) is 4.99 Å². The maximum atomic E-state index is 5.22. The van der Waals surface area contributed by atoms with E-state index in [0.717, 1.165) is 24.7 Å². The van der Waals surface area contributed by atoms with Crippen LogP contribution < -0.4 is 15.4 Å². The quantitative estimate of drug-likeness (QED) is 0.461. The molecule has 0 aliphatic heterocycles. The van der Waals surface area contributed by atoms with Crippen molar-refractivity contribution in [3.05, 3.63) is 29.8 Å². The first kappa shape index (κ1) is 14.9. The van der Waals surface area contributed by atoms with Crippen molar-refractivity contribution in [3.8, 4) is 18.1 Å². The van der Waals surface area contributed by atoms with Crippen LogP contribution in [0.5, 0.6) is 5.75 Å². The maximum Gasteiger partial charge on any atom is 0.192 e. The van der Waals surface area contributed by atoms with Crippen molar-refractivity contribution in [2.45, 2.75) is 13.3 Å². The number of nitrogens with one attached hydrogen (secondary N) is 2. The molecule has 4 nitrogen and oxygen atoms in total. The van der Waals surface area contributed by atoms with Crippen LogP contribution in [0.2, 0.25) is 0 Å². The average molecular weight is 259 g/mol. The fourth-order valence-electron chi connectivity index (χ4n) is 1.60. The maximum absolute atomic E-state index is 5.22. The number of methoxy groups -OCH3 is 1. The number of benzene rings is 1. The van der Waals surface area contributed by atoms with E-state index in [1.54, 1.807) is 7.11 Å². The van der Waals surface area contributed by atoms with E-state index in [4.69, 9.17) is 11.2 Å². The number of aliphatic imine (C=N–C) groups is 1. The molecule has 0 heterocycles. The lowest BCUT2D eigenvalue weighted by atomic mass is 10.1. The highest BCUT2D eigenvalue weighted by Gasteiger charge is 1.97. The molecule has 0 amide bonds. The Morgan fingerprint density at radius 3 is 2.95 bits per heavy atom. The summed E-state index contributed by atoms with van der Waals surface area (Å²) in [4.78, 5) is 4.46. The number of terminal acetylenes is 1. The van der Waals surface area contributed by atoms with Crippen LogP contribution in [-0.2, 0) is 6.42 Å². The number of nitrogens with zero attached hydrogens (tertiary/aromatic N) is 1. The zero-order valence-electron chi connectivity index (χ0n) is 11.6. The highest BCUT2D eigenvalue weighted by atomic mass is 16.5. The lowest BCUT2D eigenvalue weighted by molar-refractivity contribution is 0.414. The highest BCUT2D eigenvalue weighted by Crippen LogP contribution is 2.12. The first-order chi connectivity index (χ1) is 9.30. The minimum atomic E-state index is 0.477. The van der Waals surface area contributed by atoms with Crippen LogP contribution in [0.3, 0.4) is 0 Å². The Morgan fingerprint density at radius 1 is 1.42 bits per heavy atom. The van der Waals surface area contributed by atoms with Gasteiger partial charge < -0.3 is 15.4 Å². The van der Waals surface area contributed by atoms with E-state index in [2.05, 4.69) is 27.6 Å². The molecule has 1 aromatic carbocycles. The summed E-state index contributed by atoms with van der Waals surface area (Å²) in [5.74, 6) is 4.16. The number of ether oxygens (including phenoxy) is 1. The summed E-state index contributed by atoms with van der Waals surface area (Å²) in [6.45, 7) is 4.02. The Bertz CT molecular complexity index is 449. The van der Waals surface area contributed by atoms with Gasteiger partial charge in [-0.25, -0.2) is 0 Å². The van der Waals surface area contributed by atoms with Crippen LogP contribution in [0.1, 0.15) is 12.5 Å². The standard InChI is InChI=1S/C15H21N3O/c1-4-10-17-15(16-5-2)18-11-9-13-7-6-8-14(12-13)19-3/h1,6-8,12H,5,9-11H2,2-3H3,(H2,16,17,18). The Kier molecular flexibility index (Phi) is 6.96. The SMILES string of the molecule is C#CCNC(=NCCc1cccc(OC)c1)NCC. The molecule has 0 spiro atoms. The second kappa shape index (κ2) is 8.87. The summed E-state index contributed by atoms with van der Waals surface area (Å²) in [5.41, 5.74) is 1.20. The van der Waals surface area contributed by atoms with Crippen LogP contribution in [0.25, 0.3) is 0 Å². The summed E-state index contributed by atoms with van der Waals surface area (Å²) < 4.78 is 5.19. The largest absolute Gasteiger partial charge is 0.497 e. The third-order valence-corrected chi connectivity index (χ3v) is 2.51. The van der Waals surface area contributed by atoms with E-state index in [1.165, 1.54) is 5.56 Å².